The number of ether oxygens (including phenoxy) is 1. The highest BCUT2D eigenvalue weighted by atomic mass is 127. The van der Waals surface area contributed by atoms with Gasteiger partial charge < -0.3 is 15.8 Å². The Labute approximate surface area is 151 Å². The third kappa shape index (κ3) is 9.25. The molecule has 0 spiro atoms. The van der Waals surface area contributed by atoms with Crippen molar-refractivity contribution >= 4 is 35.6 Å². The number of guanidine groups is 1. The van der Waals surface area contributed by atoms with Gasteiger partial charge in [0.25, 0.3) is 0 Å². The predicted octanol–water partition coefficient (Wildman–Crippen LogP) is 4.22. The van der Waals surface area contributed by atoms with Crippen LogP contribution in [0.4, 0.5) is 5.69 Å². The summed E-state index contributed by atoms with van der Waals surface area (Å²) in [5, 5.41) is 3.13. The fourth-order valence-corrected chi connectivity index (χ4v) is 1.85. The lowest BCUT2D eigenvalue weighted by Gasteiger charge is -2.10. The van der Waals surface area contributed by atoms with Gasteiger partial charge in [-0.15, -0.1) is 24.0 Å². The van der Waals surface area contributed by atoms with Crippen LogP contribution < -0.4 is 11.1 Å². The van der Waals surface area contributed by atoms with E-state index in [4.69, 9.17) is 10.5 Å². The summed E-state index contributed by atoms with van der Waals surface area (Å²) in [6.45, 7) is 10.9. The minimum absolute atomic E-state index is 0. The van der Waals surface area contributed by atoms with E-state index in [1.54, 1.807) is 0 Å². The van der Waals surface area contributed by atoms with Gasteiger partial charge in [0.2, 0.25) is 0 Å². The van der Waals surface area contributed by atoms with Gasteiger partial charge in [-0.3, -0.25) is 4.99 Å². The zero-order chi connectivity index (χ0) is 15.7. The van der Waals surface area contributed by atoms with Crippen LogP contribution >= 0.6 is 24.0 Å². The Hall–Kier alpha value is -0.820. The summed E-state index contributed by atoms with van der Waals surface area (Å²) in [5.74, 6) is 1.54. The topological polar surface area (TPSA) is 59.6 Å². The molecule has 0 amide bonds. The van der Waals surface area contributed by atoms with Gasteiger partial charge in [-0.05, 0) is 36.0 Å². The van der Waals surface area contributed by atoms with Gasteiger partial charge in [0.05, 0.1) is 0 Å². The highest BCUT2D eigenvalue weighted by Gasteiger charge is 2.01. The molecule has 0 atom stereocenters. The SMILES string of the molecule is CC(C)COCCCN=C(N)Nc1cccc(C(C)C)c1.I. The molecule has 0 aliphatic carbocycles. The van der Waals surface area contributed by atoms with Crippen molar-refractivity contribution in [3.05, 3.63) is 29.8 Å². The zero-order valence-electron chi connectivity index (χ0n) is 14.1. The normalized spacial score (nSPS) is 11.6. The maximum atomic E-state index is 5.89. The third-order valence-corrected chi connectivity index (χ3v) is 3.01. The second kappa shape index (κ2) is 11.7. The van der Waals surface area contributed by atoms with E-state index in [9.17, 15) is 0 Å². The fourth-order valence-electron chi connectivity index (χ4n) is 1.85. The van der Waals surface area contributed by atoms with Gasteiger partial charge in [0.15, 0.2) is 5.96 Å². The largest absolute Gasteiger partial charge is 0.381 e. The van der Waals surface area contributed by atoms with Gasteiger partial charge in [-0.25, -0.2) is 0 Å². The highest BCUT2D eigenvalue weighted by Crippen LogP contribution is 2.18. The Morgan fingerprint density at radius 1 is 1.27 bits per heavy atom. The van der Waals surface area contributed by atoms with Gasteiger partial charge in [0.1, 0.15) is 0 Å². The minimum Gasteiger partial charge on any atom is -0.381 e. The summed E-state index contributed by atoms with van der Waals surface area (Å²) < 4.78 is 5.51. The molecule has 0 saturated carbocycles. The predicted molar refractivity (Wildman–Crippen MR) is 106 cm³/mol. The molecule has 1 aromatic carbocycles. The van der Waals surface area contributed by atoms with Crippen LogP contribution in [-0.4, -0.2) is 25.7 Å². The molecule has 0 fully saturated rings. The van der Waals surface area contributed by atoms with Crippen molar-refractivity contribution in [3.8, 4) is 0 Å². The summed E-state index contributed by atoms with van der Waals surface area (Å²) in [4.78, 5) is 4.31. The van der Waals surface area contributed by atoms with E-state index in [0.717, 1.165) is 25.3 Å². The van der Waals surface area contributed by atoms with Crippen LogP contribution in [0.15, 0.2) is 29.3 Å². The lowest BCUT2D eigenvalue weighted by molar-refractivity contribution is 0.109. The van der Waals surface area contributed by atoms with E-state index >= 15 is 0 Å². The van der Waals surface area contributed by atoms with Crippen LogP contribution in [0.25, 0.3) is 0 Å². The van der Waals surface area contributed by atoms with Crippen molar-refractivity contribution in [1.82, 2.24) is 0 Å². The van der Waals surface area contributed by atoms with Crippen LogP contribution in [0.1, 0.15) is 45.6 Å². The number of rotatable bonds is 8. The molecule has 4 nitrogen and oxygen atoms in total. The molecule has 22 heavy (non-hydrogen) atoms. The number of nitrogens with one attached hydrogen (secondary N) is 1. The van der Waals surface area contributed by atoms with Crippen molar-refractivity contribution in [2.75, 3.05) is 25.1 Å². The number of nitrogens with two attached hydrogens (primary N) is 1. The molecule has 5 heteroatoms. The van der Waals surface area contributed by atoms with E-state index in [1.165, 1.54) is 5.56 Å². The summed E-state index contributed by atoms with van der Waals surface area (Å²) in [6.07, 6.45) is 0.890. The first-order chi connectivity index (χ1) is 9.99. The molecule has 0 saturated heterocycles. The zero-order valence-corrected chi connectivity index (χ0v) is 16.5. The van der Waals surface area contributed by atoms with E-state index in [2.05, 4.69) is 50.1 Å². The van der Waals surface area contributed by atoms with Crippen molar-refractivity contribution in [3.63, 3.8) is 0 Å². The molecule has 0 aromatic heterocycles. The average molecular weight is 419 g/mol. The number of hydrogen-bond donors (Lipinski definition) is 2. The molecular weight excluding hydrogens is 389 g/mol. The maximum Gasteiger partial charge on any atom is 0.193 e. The molecule has 1 aromatic rings. The van der Waals surface area contributed by atoms with E-state index in [0.29, 0.717) is 24.3 Å². The van der Waals surface area contributed by atoms with Gasteiger partial charge in [-0.1, -0.05) is 39.8 Å². The molecule has 0 aliphatic rings. The molecule has 0 radical (unpaired) electrons. The van der Waals surface area contributed by atoms with E-state index in [1.807, 2.05) is 12.1 Å². The Bertz CT molecular complexity index is 447. The fraction of sp³-hybridized carbons (Fsp3) is 0.588. The molecule has 3 N–H and O–H groups in total. The van der Waals surface area contributed by atoms with Crippen molar-refractivity contribution in [2.45, 2.75) is 40.0 Å². The van der Waals surface area contributed by atoms with Gasteiger partial charge in [0, 0.05) is 25.4 Å². The van der Waals surface area contributed by atoms with Crippen LogP contribution in [0.3, 0.4) is 0 Å². The summed E-state index contributed by atoms with van der Waals surface area (Å²) in [5.41, 5.74) is 8.16. The molecule has 0 unspecified atom stereocenters. The summed E-state index contributed by atoms with van der Waals surface area (Å²) >= 11 is 0. The number of anilines is 1. The van der Waals surface area contributed by atoms with E-state index < -0.39 is 0 Å². The summed E-state index contributed by atoms with van der Waals surface area (Å²) in [6, 6.07) is 8.26. The van der Waals surface area contributed by atoms with Crippen molar-refractivity contribution in [2.24, 2.45) is 16.6 Å². The number of aliphatic imine (C=N–C) groups is 1. The van der Waals surface area contributed by atoms with Crippen LogP contribution in [0, 0.1) is 5.92 Å². The number of halogens is 1. The Kier molecular flexibility index (Phi) is 11.3. The molecule has 1 rings (SSSR count). The molecular formula is C17H30IN3O. The first-order valence-electron chi connectivity index (χ1n) is 7.73. The van der Waals surface area contributed by atoms with Gasteiger partial charge in [-0.2, -0.15) is 0 Å². The second-order valence-corrected chi connectivity index (χ2v) is 5.99. The molecule has 126 valence electrons. The first kappa shape index (κ1) is 21.2. The second-order valence-electron chi connectivity index (χ2n) is 5.99. The Balaban J connectivity index is 0.00000441. The van der Waals surface area contributed by atoms with E-state index in [-0.39, 0.29) is 24.0 Å². The van der Waals surface area contributed by atoms with Gasteiger partial charge >= 0.3 is 0 Å². The molecule has 0 aliphatic heterocycles. The Morgan fingerprint density at radius 3 is 2.64 bits per heavy atom. The Morgan fingerprint density at radius 2 is 2.00 bits per heavy atom. The number of hydrogen-bond acceptors (Lipinski definition) is 2. The monoisotopic (exact) mass is 419 g/mol. The quantitative estimate of drug-likeness (QED) is 0.287. The summed E-state index contributed by atoms with van der Waals surface area (Å²) in [7, 11) is 0. The number of nitrogens with zero attached hydrogens (tertiary/aromatic N) is 1. The van der Waals surface area contributed by atoms with Crippen LogP contribution in [-0.2, 0) is 4.74 Å². The molecule has 0 bridgehead atoms. The first-order valence-corrected chi connectivity index (χ1v) is 7.73. The lowest BCUT2D eigenvalue weighted by Crippen LogP contribution is -2.23. The number of benzene rings is 1. The van der Waals surface area contributed by atoms with Crippen molar-refractivity contribution in [1.29, 1.82) is 0 Å². The third-order valence-electron chi connectivity index (χ3n) is 3.01. The van der Waals surface area contributed by atoms with Crippen LogP contribution in [0.5, 0.6) is 0 Å². The standard InChI is InChI=1S/C17H29N3O.HI/c1-13(2)12-21-10-6-9-19-17(18)20-16-8-5-7-15(11-16)14(3)4;/h5,7-8,11,13-14H,6,9-10,12H2,1-4H3,(H3,18,19,20);1H. The smallest absolute Gasteiger partial charge is 0.193 e. The van der Waals surface area contributed by atoms with Crippen LogP contribution in [0.2, 0.25) is 0 Å². The minimum atomic E-state index is 0. The highest BCUT2D eigenvalue weighted by molar-refractivity contribution is 14.0. The molecule has 0 heterocycles. The maximum absolute atomic E-state index is 5.89. The average Bonchev–Trinajstić information content (AvgIpc) is 2.42. The lowest BCUT2D eigenvalue weighted by atomic mass is 10.0. The van der Waals surface area contributed by atoms with Crippen molar-refractivity contribution < 1.29 is 4.74 Å².